The maximum absolute atomic E-state index is 11.5. The number of carboxylic acids is 2. The first-order chi connectivity index (χ1) is 9.46. The fourth-order valence-corrected chi connectivity index (χ4v) is 2.44. The minimum absolute atomic E-state index is 0.107. The van der Waals surface area contributed by atoms with Crippen molar-refractivity contribution in [3.8, 4) is 6.07 Å². The molecule has 0 saturated heterocycles. The Morgan fingerprint density at radius 1 is 1.10 bits per heavy atom. The Bertz CT molecular complexity index is 361. The molecule has 2 atom stereocenters. The summed E-state index contributed by atoms with van der Waals surface area (Å²) in [6.45, 7) is 3.97. The first kappa shape index (κ1) is 18.4. The number of nitrogens with zero attached hydrogens (tertiary/aromatic N) is 1. The van der Waals surface area contributed by atoms with E-state index in [0.29, 0.717) is 12.8 Å². The van der Waals surface area contributed by atoms with E-state index < -0.39 is 23.3 Å². The number of unbranched alkanes of at least 4 members (excludes halogenated alkanes) is 4. The lowest BCUT2D eigenvalue weighted by Gasteiger charge is -2.28. The normalized spacial score (nSPS) is 15.1. The minimum Gasteiger partial charge on any atom is -0.481 e. The SMILES string of the molecule is CCCCCC(C(=O)O)C(C#N)(CCCCC)C(=O)O. The van der Waals surface area contributed by atoms with Crippen LogP contribution in [0, 0.1) is 22.7 Å². The van der Waals surface area contributed by atoms with Crippen molar-refractivity contribution in [2.45, 2.75) is 65.2 Å². The zero-order valence-electron chi connectivity index (χ0n) is 12.4. The van der Waals surface area contributed by atoms with Gasteiger partial charge in [0.15, 0.2) is 5.41 Å². The lowest BCUT2D eigenvalue weighted by molar-refractivity contribution is -0.159. The Labute approximate surface area is 120 Å². The van der Waals surface area contributed by atoms with Crippen LogP contribution in [0.15, 0.2) is 0 Å². The Hall–Kier alpha value is -1.57. The highest BCUT2D eigenvalue weighted by Crippen LogP contribution is 2.37. The highest BCUT2D eigenvalue weighted by atomic mass is 16.4. The zero-order chi connectivity index (χ0) is 15.6. The highest BCUT2D eigenvalue weighted by Gasteiger charge is 2.49. The number of aliphatic carboxylic acids is 2. The lowest BCUT2D eigenvalue weighted by Crippen LogP contribution is -2.41. The van der Waals surface area contributed by atoms with Crippen molar-refractivity contribution in [2.75, 3.05) is 0 Å². The van der Waals surface area contributed by atoms with Gasteiger partial charge in [0.1, 0.15) is 0 Å². The number of hydrogen-bond donors (Lipinski definition) is 2. The Morgan fingerprint density at radius 2 is 1.65 bits per heavy atom. The smallest absolute Gasteiger partial charge is 0.324 e. The summed E-state index contributed by atoms with van der Waals surface area (Å²) in [5, 5.41) is 28.1. The van der Waals surface area contributed by atoms with Crippen molar-refractivity contribution in [3.63, 3.8) is 0 Å². The van der Waals surface area contributed by atoms with E-state index in [-0.39, 0.29) is 12.8 Å². The second kappa shape index (κ2) is 9.35. The monoisotopic (exact) mass is 283 g/mol. The van der Waals surface area contributed by atoms with E-state index in [4.69, 9.17) is 0 Å². The fourth-order valence-electron chi connectivity index (χ4n) is 2.44. The third kappa shape index (κ3) is 4.84. The van der Waals surface area contributed by atoms with Crippen LogP contribution in [-0.2, 0) is 9.59 Å². The van der Waals surface area contributed by atoms with Gasteiger partial charge in [0, 0.05) is 0 Å². The Morgan fingerprint density at radius 3 is 2.05 bits per heavy atom. The van der Waals surface area contributed by atoms with Crippen molar-refractivity contribution in [1.82, 2.24) is 0 Å². The molecule has 0 amide bonds. The number of carboxylic acid groups (broad SMARTS) is 2. The molecular formula is C15H25NO4. The van der Waals surface area contributed by atoms with Crippen LogP contribution in [0.3, 0.4) is 0 Å². The molecule has 2 unspecified atom stereocenters. The summed E-state index contributed by atoms with van der Waals surface area (Å²) in [6.07, 6.45) is 5.03. The van der Waals surface area contributed by atoms with E-state index in [0.717, 1.165) is 25.7 Å². The maximum Gasteiger partial charge on any atom is 0.324 e. The molecule has 114 valence electrons. The van der Waals surface area contributed by atoms with Crippen LogP contribution in [0.4, 0.5) is 0 Å². The van der Waals surface area contributed by atoms with Crippen LogP contribution in [-0.4, -0.2) is 22.2 Å². The van der Waals surface area contributed by atoms with Gasteiger partial charge in [-0.2, -0.15) is 5.26 Å². The second-order valence-corrected chi connectivity index (χ2v) is 5.23. The molecule has 0 aliphatic rings. The number of rotatable bonds is 11. The standard InChI is InChI=1S/C15H25NO4/c1-3-5-7-9-12(13(17)18)15(11-16,14(19)20)10-8-6-4-2/h12H,3-10H2,1-2H3,(H,17,18)(H,19,20). The number of nitriles is 1. The molecule has 0 aliphatic heterocycles. The average molecular weight is 283 g/mol. The van der Waals surface area contributed by atoms with Crippen molar-refractivity contribution in [3.05, 3.63) is 0 Å². The molecule has 0 fully saturated rings. The fraction of sp³-hybridized carbons (Fsp3) is 0.800. The molecular weight excluding hydrogens is 258 g/mol. The van der Waals surface area contributed by atoms with Gasteiger partial charge >= 0.3 is 11.9 Å². The van der Waals surface area contributed by atoms with Crippen LogP contribution in [0.2, 0.25) is 0 Å². The summed E-state index contributed by atoms with van der Waals surface area (Å²) >= 11 is 0. The lowest BCUT2D eigenvalue weighted by atomic mass is 9.70. The van der Waals surface area contributed by atoms with Crippen molar-refractivity contribution >= 4 is 11.9 Å². The van der Waals surface area contributed by atoms with Gasteiger partial charge in [-0.15, -0.1) is 0 Å². The zero-order valence-corrected chi connectivity index (χ0v) is 12.4. The minimum atomic E-state index is -1.80. The van der Waals surface area contributed by atoms with Crippen molar-refractivity contribution in [2.24, 2.45) is 11.3 Å². The average Bonchev–Trinajstić information content (AvgIpc) is 2.40. The molecule has 5 nitrogen and oxygen atoms in total. The topological polar surface area (TPSA) is 98.4 Å². The van der Waals surface area contributed by atoms with Gasteiger partial charge in [-0.25, -0.2) is 0 Å². The maximum atomic E-state index is 11.5. The summed E-state index contributed by atoms with van der Waals surface area (Å²) in [7, 11) is 0. The third-order valence-electron chi connectivity index (χ3n) is 3.75. The van der Waals surface area contributed by atoms with E-state index >= 15 is 0 Å². The molecule has 0 radical (unpaired) electrons. The summed E-state index contributed by atoms with van der Waals surface area (Å²) < 4.78 is 0. The van der Waals surface area contributed by atoms with Crippen LogP contribution < -0.4 is 0 Å². The molecule has 5 heteroatoms. The third-order valence-corrected chi connectivity index (χ3v) is 3.75. The Balaban J connectivity index is 5.15. The molecule has 0 saturated carbocycles. The summed E-state index contributed by atoms with van der Waals surface area (Å²) in [5.74, 6) is -3.62. The molecule has 0 aromatic heterocycles. The molecule has 2 N–H and O–H groups in total. The van der Waals surface area contributed by atoms with E-state index in [1.165, 1.54) is 0 Å². The molecule has 0 aromatic carbocycles. The van der Waals surface area contributed by atoms with Crippen molar-refractivity contribution < 1.29 is 19.8 Å². The first-order valence-electron chi connectivity index (χ1n) is 7.33. The van der Waals surface area contributed by atoms with Gasteiger partial charge in [0.05, 0.1) is 12.0 Å². The predicted molar refractivity (Wildman–Crippen MR) is 75.1 cm³/mol. The number of hydrogen-bond acceptors (Lipinski definition) is 3. The van der Waals surface area contributed by atoms with Crippen LogP contribution in [0.1, 0.15) is 65.2 Å². The molecule has 0 aliphatic carbocycles. The van der Waals surface area contributed by atoms with Gasteiger partial charge in [-0.3, -0.25) is 9.59 Å². The first-order valence-corrected chi connectivity index (χ1v) is 7.33. The van der Waals surface area contributed by atoms with Gasteiger partial charge < -0.3 is 10.2 Å². The van der Waals surface area contributed by atoms with E-state index in [1.807, 2.05) is 13.8 Å². The molecule has 0 spiro atoms. The molecule has 0 bridgehead atoms. The molecule has 0 heterocycles. The predicted octanol–water partition coefficient (Wildman–Crippen LogP) is 3.44. The summed E-state index contributed by atoms with van der Waals surface area (Å²) in [4.78, 5) is 23.0. The van der Waals surface area contributed by atoms with Gasteiger partial charge in [-0.05, 0) is 12.8 Å². The summed E-state index contributed by atoms with van der Waals surface area (Å²) in [5.41, 5.74) is -1.80. The van der Waals surface area contributed by atoms with E-state index in [2.05, 4.69) is 0 Å². The van der Waals surface area contributed by atoms with Gasteiger partial charge in [0.25, 0.3) is 0 Å². The van der Waals surface area contributed by atoms with Gasteiger partial charge in [-0.1, -0.05) is 52.4 Å². The quantitative estimate of drug-likeness (QED) is 0.566. The van der Waals surface area contributed by atoms with E-state index in [9.17, 15) is 25.1 Å². The number of carbonyl (C=O) groups is 2. The summed E-state index contributed by atoms with van der Waals surface area (Å²) in [6, 6.07) is 1.80. The van der Waals surface area contributed by atoms with Crippen LogP contribution in [0.25, 0.3) is 0 Å². The highest BCUT2D eigenvalue weighted by molar-refractivity contribution is 5.86. The van der Waals surface area contributed by atoms with Crippen LogP contribution in [0.5, 0.6) is 0 Å². The van der Waals surface area contributed by atoms with Gasteiger partial charge in [0.2, 0.25) is 0 Å². The molecule has 0 rings (SSSR count). The molecule has 20 heavy (non-hydrogen) atoms. The Kier molecular flexibility index (Phi) is 8.62. The molecule has 0 aromatic rings. The second-order valence-electron chi connectivity index (χ2n) is 5.23. The largest absolute Gasteiger partial charge is 0.481 e. The van der Waals surface area contributed by atoms with E-state index in [1.54, 1.807) is 6.07 Å². The van der Waals surface area contributed by atoms with Crippen LogP contribution >= 0.6 is 0 Å². The van der Waals surface area contributed by atoms with Crippen molar-refractivity contribution in [1.29, 1.82) is 5.26 Å².